The van der Waals surface area contributed by atoms with E-state index in [-0.39, 0.29) is 6.54 Å². The van der Waals surface area contributed by atoms with Gasteiger partial charge in [-0.25, -0.2) is 4.79 Å². The number of nitrogens with one attached hydrogen (secondary N) is 2. The first kappa shape index (κ1) is 20.1. The summed E-state index contributed by atoms with van der Waals surface area (Å²) in [6.45, 7) is 5.17. The van der Waals surface area contributed by atoms with Crippen LogP contribution in [0, 0.1) is 20.8 Å². The van der Waals surface area contributed by atoms with Crippen molar-refractivity contribution in [2.45, 2.75) is 27.3 Å². The third kappa shape index (κ3) is 5.01. The van der Waals surface area contributed by atoms with Crippen LogP contribution in [-0.4, -0.2) is 29.1 Å². The summed E-state index contributed by atoms with van der Waals surface area (Å²) in [5, 5.41) is 5.78. The van der Waals surface area contributed by atoms with Gasteiger partial charge in [0.2, 0.25) is 0 Å². The Balaban J connectivity index is 1.50. The van der Waals surface area contributed by atoms with Gasteiger partial charge in [-0.15, -0.1) is 0 Å². The Morgan fingerprint density at radius 2 is 1.76 bits per heavy atom. The molecule has 2 N–H and O–H groups in total. The molecule has 0 aliphatic carbocycles. The zero-order valence-electron chi connectivity index (χ0n) is 16.6. The Kier molecular flexibility index (Phi) is 5.97. The van der Waals surface area contributed by atoms with Gasteiger partial charge in [-0.1, -0.05) is 35.9 Å². The van der Waals surface area contributed by atoms with Crippen LogP contribution in [0.2, 0.25) is 0 Å². The first-order valence-electron chi connectivity index (χ1n) is 9.22. The van der Waals surface area contributed by atoms with Gasteiger partial charge < -0.3 is 14.6 Å². The van der Waals surface area contributed by atoms with Crippen molar-refractivity contribution < 1.29 is 19.1 Å². The number of amides is 3. The molecule has 29 heavy (non-hydrogen) atoms. The van der Waals surface area contributed by atoms with Crippen molar-refractivity contribution >= 4 is 34.5 Å². The summed E-state index contributed by atoms with van der Waals surface area (Å²) < 4.78 is 6.84. The predicted molar refractivity (Wildman–Crippen MR) is 111 cm³/mol. The molecule has 0 saturated carbocycles. The molecular weight excluding hydrogens is 370 g/mol. The number of imide groups is 1. The number of para-hydroxylation sites is 1. The SMILES string of the molecule is Cc1ccc(NC(=O)NC(=O)COC(=O)Cn2c(C)cc3ccccc32)c(C)c1. The van der Waals surface area contributed by atoms with E-state index in [1.54, 1.807) is 6.07 Å². The molecule has 0 spiro atoms. The number of esters is 1. The number of aromatic nitrogens is 1. The molecule has 0 aliphatic rings. The molecule has 3 rings (SSSR count). The highest BCUT2D eigenvalue weighted by Crippen LogP contribution is 2.19. The highest BCUT2D eigenvalue weighted by molar-refractivity contribution is 6.02. The number of aryl methyl sites for hydroxylation is 3. The van der Waals surface area contributed by atoms with Crippen LogP contribution in [0.5, 0.6) is 0 Å². The topological polar surface area (TPSA) is 89.4 Å². The Morgan fingerprint density at radius 1 is 1.00 bits per heavy atom. The maximum atomic E-state index is 12.1. The zero-order chi connectivity index (χ0) is 21.0. The number of anilines is 1. The third-order valence-electron chi connectivity index (χ3n) is 4.55. The number of rotatable bonds is 5. The second-order valence-electron chi connectivity index (χ2n) is 6.91. The van der Waals surface area contributed by atoms with E-state index < -0.39 is 24.5 Å². The molecule has 7 nitrogen and oxygen atoms in total. The Morgan fingerprint density at radius 3 is 2.52 bits per heavy atom. The minimum absolute atomic E-state index is 0.0125. The number of fused-ring (bicyclic) bond motifs is 1. The van der Waals surface area contributed by atoms with E-state index in [4.69, 9.17) is 4.74 Å². The highest BCUT2D eigenvalue weighted by atomic mass is 16.5. The Hall–Kier alpha value is -3.61. The molecular formula is C22H23N3O4. The lowest BCUT2D eigenvalue weighted by molar-refractivity contribution is -0.148. The first-order chi connectivity index (χ1) is 13.8. The van der Waals surface area contributed by atoms with Crippen molar-refractivity contribution in [2.24, 2.45) is 0 Å². The van der Waals surface area contributed by atoms with E-state index in [0.717, 1.165) is 27.7 Å². The second-order valence-corrected chi connectivity index (χ2v) is 6.91. The molecule has 1 aromatic heterocycles. The quantitative estimate of drug-likeness (QED) is 0.650. The van der Waals surface area contributed by atoms with E-state index in [1.165, 1.54) is 0 Å². The number of hydrogen-bond acceptors (Lipinski definition) is 4. The molecule has 0 radical (unpaired) electrons. The smallest absolute Gasteiger partial charge is 0.326 e. The highest BCUT2D eigenvalue weighted by Gasteiger charge is 2.14. The second kappa shape index (κ2) is 8.60. The molecule has 0 aliphatic heterocycles. The summed E-state index contributed by atoms with van der Waals surface area (Å²) in [4.78, 5) is 36.0. The van der Waals surface area contributed by atoms with Crippen molar-refractivity contribution in [3.05, 3.63) is 65.4 Å². The average Bonchev–Trinajstić information content (AvgIpc) is 2.98. The number of carbonyl (C=O) groups is 3. The zero-order valence-corrected chi connectivity index (χ0v) is 16.6. The fraction of sp³-hybridized carbons (Fsp3) is 0.227. The van der Waals surface area contributed by atoms with Crippen molar-refractivity contribution in [1.29, 1.82) is 0 Å². The third-order valence-corrected chi connectivity index (χ3v) is 4.55. The number of hydrogen-bond donors (Lipinski definition) is 2. The molecule has 150 valence electrons. The van der Waals surface area contributed by atoms with E-state index in [1.807, 2.05) is 67.8 Å². The van der Waals surface area contributed by atoms with Gasteiger partial charge in [-0.05, 0) is 49.9 Å². The van der Waals surface area contributed by atoms with Crippen LogP contribution in [0.1, 0.15) is 16.8 Å². The van der Waals surface area contributed by atoms with Gasteiger partial charge in [0, 0.05) is 16.9 Å². The fourth-order valence-corrected chi connectivity index (χ4v) is 3.15. The monoisotopic (exact) mass is 393 g/mol. The van der Waals surface area contributed by atoms with Gasteiger partial charge in [-0.2, -0.15) is 0 Å². The number of ether oxygens (including phenoxy) is 1. The van der Waals surface area contributed by atoms with Crippen LogP contribution in [0.25, 0.3) is 10.9 Å². The molecule has 3 aromatic rings. The largest absolute Gasteiger partial charge is 0.454 e. The van der Waals surface area contributed by atoms with Gasteiger partial charge in [0.25, 0.3) is 5.91 Å². The van der Waals surface area contributed by atoms with Gasteiger partial charge >= 0.3 is 12.0 Å². The molecule has 2 aromatic carbocycles. The van der Waals surface area contributed by atoms with Gasteiger partial charge in [0.15, 0.2) is 6.61 Å². The number of urea groups is 1. The van der Waals surface area contributed by atoms with E-state index in [0.29, 0.717) is 5.69 Å². The molecule has 7 heteroatoms. The average molecular weight is 393 g/mol. The maximum Gasteiger partial charge on any atom is 0.326 e. The Labute approximate surface area is 168 Å². The van der Waals surface area contributed by atoms with Crippen LogP contribution in [-0.2, 0) is 20.9 Å². The first-order valence-corrected chi connectivity index (χ1v) is 9.22. The lowest BCUT2D eigenvalue weighted by Gasteiger charge is -2.11. The van der Waals surface area contributed by atoms with Crippen LogP contribution < -0.4 is 10.6 Å². The summed E-state index contributed by atoms with van der Waals surface area (Å²) in [5.41, 5.74) is 4.39. The van der Waals surface area contributed by atoms with Gasteiger partial charge in [0.05, 0.1) is 0 Å². The lowest BCUT2D eigenvalue weighted by atomic mass is 10.1. The number of carbonyl (C=O) groups excluding carboxylic acids is 3. The van der Waals surface area contributed by atoms with Crippen molar-refractivity contribution in [3.63, 3.8) is 0 Å². The minimum atomic E-state index is -0.699. The van der Waals surface area contributed by atoms with Crippen molar-refractivity contribution in [3.8, 4) is 0 Å². The molecule has 1 heterocycles. The summed E-state index contributed by atoms with van der Waals surface area (Å²) in [6.07, 6.45) is 0. The standard InChI is InChI=1S/C22H23N3O4/c1-14-8-9-18(15(2)10-14)23-22(28)24-20(26)13-29-21(27)12-25-16(3)11-17-6-4-5-7-19(17)25/h4-11H,12-13H2,1-3H3,(H2,23,24,26,28). The van der Waals surface area contributed by atoms with Gasteiger partial charge in [-0.3, -0.25) is 14.9 Å². The lowest BCUT2D eigenvalue weighted by Crippen LogP contribution is -2.37. The van der Waals surface area contributed by atoms with E-state index >= 15 is 0 Å². The normalized spacial score (nSPS) is 10.6. The Bertz CT molecular complexity index is 1080. The fourth-order valence-electron chi connectivity index (χ4n) is 3.15. The number of nitrogens with zero attached hydrogens (tertiary/aromatic N) is 1. The molecule has 3 amide bonds. The summed E-state index contributed by atoms with van der Waals surface area (Å²) in [6, 6.07) is 14.6. The minimum Gasteiger partial charge on any atom is -0.454 e. The molecule has 0 bridgehead atoms. The predicted octanol–water partition coefficient (Wildman–Crippen LogP) is 3.46. The maximum absolute atomic E-state index is 12.1. The molecule has 0 unspecified atom stereocenters. The summed E-state index contributed by atoms with van der Waals surface area (Å²) in [7, 11) is 0. The van der Waals surface area contributed by atoms with Crippen molar-refractivity contribution in [1.82, 2.24) is 9.88 Å². The van der Waals surface area contributed by atoms with Gasteiger partial charge in [0.1, 0.15) is 6.54 Å². The van der Waals surface area contributed by atoms with E-state index in [9.17, 15) is 14.4 Å². The molecule has 0 saturated heterocycles. The summed E-state index contributed by atoms with van der Waals surface area (Å²) in [5.74, 6) is -1.26. The molecule has 0 atom stereocenters. The van der Waals surface area contributed by atoms with Crippen LogP contribution in [0.4, 0.5) is 10.5 Å². The molecule has 0 fully saturated rings. The van der Waals surface area contributed by atoms with Crippen LogP contribution in [0.15, 0.2) is 48.5 Å². The van der Waals surface area contributed by atoms with E-state index in [2.05, 4.69) is 10.6 Å². The van der Waals surface area contributed by atoms with Crippen LogP contribution in [0.3, 0.4) is 0 Å². The van der Waals surface area contributed by atoms with Crippen molar-refractivity contribution in [2.75, 3.05) is 11.9 Å². The number of benzene rings is 2. The summed E-state index contributed by atoms with van der Waals surface area (Å²) >= 11 is 0. The van der Waals surface area contributed by atoms with Crippen LogP contribution >= 0.6 is 0 Å².